The average Bonchev–Trinajstić information content (AvgIpc) is 3.01. The first-order valence-electron chi connectivity index (χ1n) is 6.05. The number of nitrogens with one attached hydrogen (secondary N) is 2. The molecule has 10 heteroatoms. The van der Waals surface area contributed by atoms with Crippen LogP contribution in [0.3, 0.4) is 0 Å². The first-order chi connectivity index (χ1) is 9.76. The number of hydrogen-bond donors (Lipinski definition) is 2. The van der Waals surface area contributed by atoms with Gasteiger partial charge in [0.05, 0.1) is 12.9 Å². The van der Waals surface area contributed by atoms with Crippen LogP contribution in [0, 0.1) is 0 Å². The van der Waals surface area contributed by atoms with Gasteiger partial charge in [-0.15, -0.1) is 15.3 Å². The average molecular weight is 295 g/mol. The molecule has 106 valence electrons. The minimum Gasteiger partial charge on any atom is -0.466 e. The van der Waals surface area contributed by atoms with Crippen molar-refractivity contribution in [3.63, 3.8) is 0 Å². The molecular weight excluding hydrogens is 282 g/mol. The maximum absolute atomic E-state index is 11.8. The first-order valence-corrected chi connectivity index (χ1v) is 7.03. The highest BCUT2D eigenvalue weighted by atomic mass is 32.2. The van der Waals surface area contributed by atoms with Crippen molar-refractivity contribution in [3.8, 4) is 6.01 Å². The topological polar surface area (TPSA) is 111 Å². The molecule has 0 radical (unpaired) electrons. The van der Waals surface area contributed by atoms with E-state index in [1.54, 1.807) is 6.33 Å². The number of anilines is 1. The Labute approximate surface area is 118 Å². The molecule has 1 fully saturated rings. The largest absolute Gasteiger partial charge is 0.466 e. The molecule has 0 atom stereocenters. The van der Waals surface area contributed by atoms with Gasteiger partial charge in [-0.3, -0.25) is 10.1 Å². The van der Waals surface area contributed by atoms with Gasteiger partial charge in [0, 0.05) is 6.04 Å². The van der Waals surface area contributed by atoms with Crippen LogP contribution in [-0.2, 0) is 4.79 Å². The number of ether oxygens (including phenoxy) is 1. The number of amides is 1. The van der Waals surface area contributed by atoms with Gasteiger partial charge < -0.3 is 9.30 Å². The Bertz CT molecular complexity index is 606. The third-order valence-electron chi connectivity index (χ3n) is 2.72. The fourth-order valence-electron chi connectivity index (χ4n) is 1.63. The molecule has 0 saturated heterocycles. The molecule has 1 saturated carbocycles. The number of carbonyl (C=O) groups is 1. The second kappa shape index (κ2) is 5.49. The fraction of sp³-hybridized carbons (Fsp3) is 0.500. The molecule has 1 aliphatic carbocycles. The molecule has 1 amide bonds. The minimum atomic E-state index is -0.195. The summed E-state index contributed by atoms with van der Waals surface area (Å²) >= 11 is 1.35. The van der Waals surface area contributed by atoms with Gasteiger partial charge in [-0.2, -0.15) is 4.98 Å². The number of aromatic amines is 1. The molecule has 0 aliphatic heterocycles. The molecule has 1 aliphatic rings. The third kappa shape index (κ3) is 2.90. The van der Waals surface area contributed by atoms with E-state index in [4.69, 9.17) is 4.74 Å². The zero-order valence-corrected chi connectivity index (χ0v) is 11.6. The predicted octanol–water partition coefficient (Wildman–Crippen LogP) is 0.470. The number of rotatable bonds is 6. The van der Waals surface area contributed by atoms with Crippen LogP contribution in [0.2, 0.25) is 0 Å². The van der Waals surface area contributed by atoms with E-state index in [9.17, 15) is 4.79 Å². The lowest BCUT2D eigenvalue weighted by Crippen LogP contribution is -2.15. The van der Waals surface area contributed by atoms with E-state index < -0.39 is 0 Å². The van der Waals surface area contributed by atoms with Crippen molar-refractivity contribution in [2.75, 3.05) is 18.2 Å². The molecule has 0 bridgehead atoms. The van der Waals surface area contributed by atoms with Gasteiger partial charge in [0.25, 0.3) is 0 Å². The Kier molecular flexibility index (Phi) is 3.54. The van der Waals surface area contributed by atoms with Crippen LogP contribution < -0.4 is 10.1 Å². The number of carbonyl (C=O) groups excluding carboxylic acids is 1. The normalized spacial score (nSPS) is 14.2. The van der Waals surface area contributed by atoms with Crippen LogP contribution in [0.25, 0.3) is 0 Å². The highest BCUT2D eigenvalue weighted by Gasteiger charge is 2.26. The summed E-state index contributed by atoms with van der Waals surface area (Å²) in [7, 11) is 1.45. The van der Waals surface area contributed by atoms with E-state index in [2.05, 4.69) is 30.7 Å². The molecule has 2 aromatic heterocycles. The van der Waals surface area contributed by atoms with E-state index in [1.807, 2.05) is 4.57 Å². The lowest BCUT2D eigenvalue weighted by Gasteiger charge is -2.03. The monoisotopic (exact) mass is 295 g/mol. The van der Waals surface area contributed by atoms with Gasteiger partial charge in [0.15, 0.2) is 5.16 Å². The van der Waals surface area contributed by atoms with Crippen molar-refractivity contribution >= 4 is 23.6 Å². The van der Waals surface area contributed by atoms with E-state index >= 15 is 0 Å². The second-order valence-corrected chi connectivity index (χ2v) is 5.20. The SMILES string of the molecule is COc1n[nH]c(NC(=O)CSc2nncn2C2CC2)n1. The molecule has 2 heterocycles. The summed E-state index contributed by atoms with van der Waals surface area (Å²) in [6.45, 7) is 0. The zero-order valence-electron chi connectivity index (χ0n) is 10.7. The van der Waals surface area contributed by atoms with Crippen molar-refractivity contribution in [2.45, 2.75) is 24.0 Å². The molecule has 2 N–H and O–H groups in total. The number of methoxy groups -OCH3 is 1. The number of hydrogen-bond acceptors (Lipinski definition) is 7. The maximum atomic E-state index is 11.8. The Balaban J connectivity index is 1.52. The minimum absolute atomic E-state index is 0.182. The van der Waals surface area contributed by atoms with E-state index in [1.165, 1.54) is 18.9 Å². The number of thioether (sulfide) groups is 1. The summed E-state index contributed by atoms with van der Waals surface area (Å²) in [5.74, 6) is 0.296. The Hall–Kier alpha value is -2.10. The quantitative estimate of drug-likeness (QED) is 0.745. The van der Waals surface area contributed by atoms with Crippen molar-refractivity contribution in [1.82, 2.24) is 29.9 Å². The van der Waals surface area contributed by atoms with Gasteiger partial charge >= 0.3 is 6.01 Å². The fourth-order valence-corrected chi connectivity index (χ4v) is 2.41. The van der Waals surface area contributed by atoms with Gasteiger partial charge in [-0.05, 0) is 12.8 Å². The predicted molar refractivity (Wildman–Crippen MR) is 70.6 cm³/mol. The molecule has 9 nitrogen and oxygen atoms in total. The Morgan fingerprint density at radius 2 is 2.50 bits per heavy atom. The molecule has 20 heavy (non-hydrogen) atoms. The van der Waals surface area contributed by atoms with Crippen molar-refractivity contribution in [1.29, 1.82) is 0 Å². The first kappa shape index (κ1) is 12.9. The maximum Gasteiger partial charge on any atom is 0.336 e. The standard InChI is InChI=1S/C10H13N7O2S/c1-19-9-13-8(14-15-9)12-7(18)4-20-10-16-11-5-17(10)6-2-3-6/h5-6H,2-4H2,1H3,(H2,12,13,14,15,18). The van der Waals surface area contributed by atoms with Crippen LogP contribution in [0.4, 0.5) is 5.95 Å². The van der Waals surface area contributed by atoms with Crippen LogP contribution in [0.1, 0.15) is 18.9 Å². The summed E-state index contributed by atoms with van der Waals surface area (Å²) in [4.78, 5) is 15.7. The van der Waals surface area contributed by atoms with Crippen molar-refractivity contribution in [3.05, 3.63) is 6.33 Å². The van der Waals surface area contributed by atoms with Crippen molar-refractivity contribution in [2.24, 2.45) is 0 Å². The third-order valence-corrected chi connectivity index (χ3v) is 3.68. The summed E-state index contributed by atoms with van der Waals surface area (Å²) in [6.07, 6.45) is 4.00. The van der Waals surface area contributed by atoms with Crippen LogP contribution in [0.15, 0.2) is 11.5 Å². The van der Waals surface area contributed by atoms with Gasteiger partial charge in [-0.1, -0.05) is 11.8 Å². The highest BCUT2D eigenvalue weighted by Crippen LogP contribution is 2.37. The number of nitrogens with zero attached hydrogens (tertiary/aromatic N) is 5. The summed E-state index contributed by atoms with van der Waals surface area (Å²) < 4.78 is 6.82. The van der Waals surface area contributed by atoms with E-state index in [0.29, 0.717) is 6.04 Å². The second-order valence-electron chi connectivity index (χ2n) is 4.26. The molecule has 3 rings (SSSR count). The highest BCUT2D eigenvalue weighted by molar-refractivity contribution is 7.99. The smallest absolute Gasteiger partial charge is 0.336 e. The van der Waals surface area contributed by atoms with Crippen LogP contribution >= 0.6 is 11.8 Å². The summed E-state index contributed by atoms with van der Waals surface area (Å²) in [5.41, 5.74) is 0. The molecule has 0 unspecified atom stereocenters. The van der Waals surface area contributed by atoms with Crippen molar-refractivity contribution < 1.29 is 9.53 Å². The molecule has 0 spiro atoms. The van der Waals surface area contributed by atoms with E-state index in [0.717, 1.165) is 18.0 Å². The summed E-state index contributed by atoms with van der Waals surface area (Å²) in [6, 6.07) is 0.676. The van der Waals surface area contributed by atoms with Gasteiger partial charge in [0.1, 0.15) is 6.33 Å². The number of aromatic nitrogens is 6. The number of H-pyrrole nitrogens is 1. The van der Waals surface area contributed by atoms with Gasteiger partial charge in [0.2, 0.25) is 11.9 Å². The Morgan fingerprint density at radius 1 is 1.65 bits per heavy atom. The lowest BCUT2D eigenvalue weighted by atomic mass is 10.7. The molecule has 0 aromatic carbocycles. The van der Waals surface area contributed by atoms with Gasteiger partial charge in [-0.25, -0.2) is 5.10 Å². The molecule has 2 aromatic rings. The summed E-state index contributed by atoms with van der Waals surface area (Å²) in [5, 5.41) is 17.5. The lowest BCUT2D eigenvalue weighted by molar-refractivity contribution is -0.113. The van der Waals surface area contributed by atoms with E-state index in [-0.39, 0.29) is 23.6 Å². The zero-order chi connectivity index (χ0) is 13.9. The van der Waals surface area contributed by atoms with Crippen LogP contribution in [0.5, 0.6) is 6.01 Å². The van der Waals surface area contributed by atoms with Crippen LogP contribution in [-0.4, -0.2) is 48.7 Å². The Morgan fingerprint density at radius 3 is 3.20 bits per heavy atom. The molecular formula is C10H13N7O2S.